The summed E-state index contributed by atoms with van der Waals surface area (Å²) in [5.74, 6) is 0.0771. The first-order valence-corrected chi connectivity index (χ1v) is 7.23. The van der Waals surface area contributed by atoms with Crippen molar-refractivity contribution in [2.45, 2.75) is 38.5 Å². The topological polar surface area (TPSA) is 55.1 Å². The summed E-state index contributed by atoms with van der Waals surface area (Å²) in [4.78, 5) is 12.5. The van der Waals surface area contributed by atoms with Crippen molar-refractivity contribution in [1.82, 2.24) is 5.32 Å². The Morgan fingerprint density at radius 3 is 2.25 bits per heavy atom. The average Bonchev–Trinajstić information content (AvgIpc) is 2.43. The first-order chi connectivity index (χ1) is 9.10. The van der Waals surface area contributed by atoms with Gasteiger partial charge in [0, 0.05) is 11.6 Å². The number of halogens is 2. The molecule has 0 saturated heterocycles. The van der Waals surface area contributed by atoms with E-state index in [2.05, 4.69) is 5.32 Å². The Balaban J connectivity index is 0.00000361. The quantitative estimate of drug-likeness (QED) is 0.758. The fourth-order valence-corrected chi connectivity index (χ4v) is 2.48. The number of carbonyl (C=O) groups excluding carboxylic acids is 1. The fourth-order valence-electron chi connectivity index (χ4n) is 2.35. The largest absolute Gasteiger partial charge is 0.355 e. The molecule has 1 aromatic carbocycles. The molecule has 5 heteroatoms. The van der Waals surface area contributed by atoms with Gasteiger partial charge in [-0.25, -0.2) is 0 Å². The second-order valence-electron chi connectivity index (χ2n) is 4.69. The molecule has 0 spiro atoms. The maximum Gasteiger partial charge on any atom is 0.230 e. The SMILES string of the molecule is CCC(CC)(C(=O)NCCCN)c1ccc(Cl)cc1.Cl. The summed E-state index contributed by atoms with van der Waals surface area (Å²) in [6.45, 7) is 5.30. The van der Waals surface area contributed by atoms with Gasteiger partial charge in [-0.2, -0.15) is 0 Å². The molecule has 0 atom stereocenters. The standard InChI is InChI=1S/C15H23ClN2O.ClH/c1-3-15(4-2,14(19)18-11-5-10-17)12-6-8-13(16)9-7-12;/h6-9H,3-5,10-11,17H2,1-2H3,(H,18,19);1H. The normalized spacial score (nSPS) is 10.8. The minimum absolute atomic E-state index is 0. The lowest BCUT2D eigenvalue weighted by molar-refractivity contribution is -0.127. The van der Waals surface area contributed by atoms with Gasteiger partial charge in [0.15, 0.2) is 0 Å². The molecule has 0 unspecified atom stereocenters. The van der Waals surface area contributed by atoms with Crippen LogP contribution in [0, 0.1) is 0 Å². The monoisotopic (exact) mass is 318 g/mol. The lowest BCUT2D eigenvalue weighted by Gasteiger charge is -2.31. The number of carbonyl (C=O) groups is 1. The molecular weight excluding hydrogens is 295 g/mol. The minimum Gasteiger partial charge on any atom is -0.355 e. The van der Waals surface area contributed by atoms with Gasteiger partial charge in [0.2, 0.25) is 5.91 Å². The van der Waals surface area contributed by atoms with Crippen LogP contribution in [0.5, 0.6) is 0 Å². The van der Waals surface area contributed by atoms with Crippen molar-refractivity contribution in [3.05, 3.63) is 34.9 Å². The molecule has 0 aliphatic rings. The van der Waals surface area contributed by atoms with E-state index in [1.54, 1.807) is 0 Å². The van der Waals surface area contributed by atoms with Gasteiger partial charge < -0.3 is 11.1 Å². The van der Waals surface area contributed by atoms with Gasteiger partial charge in [-0.15, -0.1) is 12.4 Å². The van der Waals surface area contributed by atoms with Crippen molar-refractivity contribution in [3.63, 3.8) is 0 Å². The van der Waals surface area contributed by atoms with Crippen LogP contribution in [0.25, 0.3) is 0 Å². The zero-order chi connectivity index (χ0) is 14.3. The van der Waals surface area contributed by atoms with Crippen LogP contribution in [0.2, 0.25) is 5.02 Å². The molecule has 114 valence electrons. The van der Waals surface area contributed by atoms with Gasteiger partial charge in [0.25, 0.3) is 0 Å². The first kappa shape index (κ1) is 19.2. The average molecular weight is 319 g/mol. The van der Waals surface area contributed by atoms with Crippen LogP contribution >= 0.6 is 24.0 Å². The van der Waals surface area contributed by atoms with E-state index in [1.165, 1.54) is 0 Å². The molecule has 0 aliphatic heterocycles. The highest BCUT2D eigenvalue weighted by atomic mass is 35.5. The van der Waals surface area contributed by atoms with Crippen molar-refractivity contribution >= 4 is 29.9 Å². The predicted octanol–water partition coefficient (Wildman–Crippen LogP) is 3.28. The summed E-state index contributed by atoms with van der Waals surface area (Å²) in [6, 6.07) is 7.56. The highest BCUT2D eigenvalue weighted by Crippen LogP contribution is 2.32. The van der Waals surface area contributed by atoms with E-state index in [9.17, 15) is 4.79 Å². The van der Waals surface area contributed by atoms with E-state index in [0.29, 0.717) is 18.1 Å². The number of hydrogen-bond acceptors (Lipinski definition) is 2. The molecule has 20 heavy (non-hydrogen) atoms. The second kappa shape index (κ2) is 9.22. The third kappa shape index (κ3) is 4.37. The summed E-state index contributed by atoms with van der Waals surface area (Å²) >= 11 is 5.92. The van der Waals surface area contributed by atoms with Crippen LogP contribution in [0.1, 0.15) is 38.7 Å². The summed E-state index contributed by atoms with van der Waals surface area (Å²) in [5.41, 5.74) is 6.00. The molecule has 1 amide bonds. The lowest BCUT2D eigenvalue weighted by atomic mass is 9.75. The Bertz CT molecular complexity index is 403. The summed E-state index contributed by atoms with van der Waals surface area (Å²) in [7, 11) is 0. The van der Waals surface area contributed by atoms with Crippen molar-refractivity contribution in [2.24, 2.45) is 5.73 Å². The van der Waals surface area contributed by atoms with Crippen LogP contribution in [-0.4, -0.2) is 19.0 Å². The summed E-state index contributed by atoms with van der Waals surface area (Å²) < 4.78 is 0. The van der Waals surface area contributed by atoms with Crippen molar-refractivity contribution in [3.8, 4) is 0 Å². The van der Waals surface area contributed by atoms with E-state index < -0.39 is 5.41 Å². The Morgan fingerprint density at radius 1 is 1.25 bits per heavy atom. The number of hydrogen-bond donors (Lipinski definition) is 2. The van der Waals surface area contributed by atoms with Crippen molar-refractivity contribution in [2.75, 3.05) is 13.1 Å². The molecule has 0 aliphatic carbocycles. The Hall–Kier alpha value is -0.770. The van der Waals surface area contributed by atoms with Crippen LogP contribution < -0.4 is 11.1 Å². The number of amides is 1. The molecular formula is C15H24Cl2N2O. The smallest absolute Gasteiger partial charge is 0.230 e. The predicted molar refractivity (Wildman–Crippen MR) is 87.6 cm³/mol. The highest BCUT2D eigenvalue weighted by Gasteiger charge is 2.36. The molecule has 0 heterocycles. The molecule has 1 aromatic rings. The van der Waals surface area contributed by atoms with Gasteiger partial charge in [0.05, 0.1) is 5.41 Å². The van der Waals surface area contributed by atoms with E-state index in [1.807, 2.05) is 38.1 Å². The van der Waals surface area contributed by atoms with Crippen molar-refractivity contribution < 1.29 is 4.79 Å². The van der Waals surface area contributed by atoms with Gasteiger partial charge in [-0.3, -0.25) is 4.79 Å². The molecule has 0 bridgehead atoms. The molecule has 3 N–H and O–H groups in total. The fraction of sp³-hybridized carbons (Fsp3) is 0.533. The number of nitrogens with two attached hydrogens (primary N) is 1. The van der Waals surface area contributed by atoms with Gasteiger partial charge in [-0.05, 0) is 43.5 Å². The summed E-state index contributed by atoms with van der Waals surface area (Å²) in [5, 5.41) is 3.68. The third-order valence-electron chi connectivity index (χ3n) is 3.71. The zero-order valence-corrected chi connectivity index (χ0v) is 13.7. The second-order valence-corrected chi connectivity index (χ2v) is 5.13. The van der Waals surface area contributed by atoms with E-state index >= 15 is 0 Å². The van der Waals surface area contributed by atoms with E-state index in [-0.39, 0.29) is 18.3 Å². The molecule has 0 saturated carbocycles. The van der Waals surface area contributed by atoms with E-state index in [4.69, 9.17) is 17.3 Å². The van der Waals surface area contributed by atoms with Crippen LogP contribution in [-0.2, 0) is 10.2 Å². The van der Waals surface area contributed by atoms with Crippen LogP contribution in [0.3, 0.4) is 0 Å². The third-order valence-corrected chi connectivity index (χ3v) is 3.96. The maximum atomic E-state index is 12.5. The zero-order valence-electron chi connectivity index (χ0n) is 12.1. The van der Waals surface area contributed by atoms with Crippen LogP contribution in [0.4, 0.5) is 0 Å². The maximum absolute atomic E-state index is 12.5. The van der Waals surface area contributed by atoms with Gasteiger partial charge >= 0.3 is 0 Å². The highest BCUT2D eigenvalue weighted by molar-refractivity contribution is 6.30. The lowest BCUT2D eigenvalue weighted by Crippen LogP contribution is -2.44. The Labute approximate surface area is 132 Å². The molecule has 0 fully saturated rings. The van der Waals surface area contributed by atoms with Crippen LogP contribution in [0.15, 0.2) is 24.3 Å². The number of benzene rings is 1. The summed E-state index contributed by atoms with van der Waals surface area (Å²) in [6.07, 6.45) is 2.33. The van der Waals surface area contributed by atoms with Gasteiger partial charge in [0.1, 0.15) is 0 Å². The first-order valence-electron chi connectivity index (χ1n) is 6.85. The minimum atomic E-state index is -0.473. The molecule has 3 nitrogen and oxygen atoms in total. The number of nitrogens with one attached hydrogen (secondary N) is 1. The van der Waals surface area contributed by atoms with E-state index in [0.717, 1.165) is 24.8 Å². The molecule has 1 rings (SSSR count). The van der Waals surface area contributed by atoms with Crippen molar-refractivity contribution in [1.29, 1.82) is 0 Å². The molecule has 0 radical (unpaired) electrons. The Morgan fingerprint density at radius 2 is 1.80 bits per heavy atom. The Kier molecular flexibility index (Phi) is 8.86. The van der Waals surface area contributed by atoms with Gasteiger partial charge in [-0.1, -0.05) is 37.6 Å². The molecule has 0 aromatic heterocycles. The number of rotatable bonds is 7.